The van der Waals surface area contributed by atoms with E-state index in [-0.39, 0.29) is 30.2 Å². The van der Waals surface area contributed by atoms with Gasteiger partial charge in [0.05, 0.1) is 12.5 Å². The van der Waals surface area contributed by atoms with E-state index in [9.17, 15) is 9.59 Å². The van der Waals surface area contributed by atoms with Crippen molar-refractivity contribution in [2.75, 3.05) is 18.1 Å². The minimum absolute atomic E-state index is 0.00482. The van der Waals surface area contributed by atoms with Gasteiger partial charge in [-0.25, -0.2) is 0 Å². The molecule has 2 aromatic carbocycles. The van der Waals surface area contributed by atoms with E-state index in [0.29, 0.717) is 6.54 Å². The predicted molar refractivity (Wildman–Crippen MR) is 99.9 cm³/mol. The maximum atomic E-state index is 13.0. The molecule has 1 saturated heterocycles. The lowest BCUT2D eigenvalue weighted by molar-refractivity contribution is -0.140. The van der Waals surface area contributed by atoms with Crippen molar-refractivity contribution in [2.45, 2.75) is 24.8 Å². The highest BCUT2D eigenvalue weighted by atomic mass is 32.2. The van der Waals surface area contributed by atoms with E-state index in [4.69, 9.17) is 5.11 Å². The van der Waals surface area contributed by atoms with Gasteiger partial charge in [0.2, 0.25) is 5.91 Å². The minimum atomic E-state index is -0.827. The van der Waals surface area contributed by atoms with Crippen LogP contribution in [-0.4, -0.2) is 46.0 Å². The normalized spacial score (nSPS) is 25.8. The molecule has 1 heterocycles. The first-order valence-corrected chi connectivity index (χ1v) is 9.88. The van der Waals surface area contributed by atoms with E-state index in [1.54, 1.807) is 11.8 Å². The first-order valence-electron chi connectivity index (χ1n) is 8.73. The zero-order chi connectivity index (χ0) is 17.4. The monoisotopic (exact) mass is 355 g/mol. The van der Waals surface area contributed by atoms with Gasteiger partial charge in [0.15, 0.2) is 0 Å². The summed E-state index contributed by atoms with van der Waals surface area (Å²) in [5, 5.41) is 11.5. The molecule has 0 radical (unpaired) electrons. The summed E-state index contributed by atoms with van der Waals surface area (Å²) in [5.41, 5.74) is 1.25. The molecule has 25 heavy (non-hydrogen) atoms. The standard InChI is InChI=1S/C20H21NO3S/c22-19(23)10-14-12-25-9-8-21(14)20(24)18-11-17(18)16-7-3-5-13-4-1-2-6-15(13)16/h1-7,14,17-18H,8-12H2,(H,22,23). The van der Waals surface area contributed by atoms with Gasteiger partial charge in [0, 0.05) is 24.0 Å². The van der Waals surface area contributed by atoms with Crippen LogP contribution in [0, 0.1) is 5.92 Å². The van der Waals surface area contributed by atoms with Crippen LogP contribution in [0.1, 0.15) is 24.3 Å². The van der Waals surface area contributed by atoms with Gasteiger partial charge in [-0.1, -0.05) is 42.5 Å². The van der Waals surface area contributed by atoms with Crippen molar-refractivity contribution in [3.8, 4) is 0 Å². The highest BCUT2D eigenvalue weighted by molar-refractivity contribution is 7.99. The summed E-state index contributed by atoms with van der Waals surface area (Å²) in [4.78, 5) is 25.9. The number of carboxylic acid groups (broad SMARTS) is 1. The topological polar surface area (TPSA) is 57.6 Å². The number of nitrogens with zero attached hydrogens (tertiary/aromatic N) is 1. The zero-order valence-corrected chi connectivity index (χ0v) is 14.7. The third kappa shape index (κ3) is 3.25. The molecule has 3 unspecified atom stereocenters. The van der Waals surface area contributed by atoms with Gasteiger partial charge >= 0.3 is 5.97 Å². The molecule has 1 aliphatic carbocycles. The Balaban J connectivity index is 1.53. The molecule has 2 aliphatic rings. The maximum absolute atomic E-state index is 13.0. The number of rotatable bonds is 4. The minimum Gasteiger partial charge on any atom is -0.481 e. The van der Waals surface area contributed by atoms with E-state index in [1.165, 1.54) is 16.3 Å². The van der Waals surface area contributed by atoms with Crippen LogP contribution in [0.15, 0.2) is 42.5 Å². The number of aliphatic carboxylic acids is 1. The number of thioether (sulfide) groups is 1. The van der Waals surface area contributed by atoms with Crippen molar-refractivity contribution in [3.05, 3.63) is 48.0 Å². The van der Waals surface area contributed by atoms with Gasteiger partial charge in [-0.05, 0) is 28.7 Å². The van der Waals surface area contributed by atoms with Crippen molar-refractivity contribution in [3.63, 3.8) is 0 Å². The van der Waals surface area contributed by atoms with E-state index in [0.717, 1.165) is 17.9 Å². The highest BCUT2D eigenvalue weighted by Crippen LogP contribution is 2.50. The van der Waals surface area contributed by atoms with E-state index in [1.807, 2.05) is 17.0 Å². The molecule has 0 bridgehead atoms. The van der Waals surface area contributed by atoms with Crippen LogP contribution in [-0.2, 0) is 9.59 Å². The summed E-state index contributed by atoms with van der Waals surface area (Å²) in [6.45, 7) is 0.667. The molecule has 4 nitrogen and oxygen atoms in total. The van der Waals surface area contributed by atoms with Crippen LogP contribution in [0.2, 0.25) is 0 Å². The molecular formula is C20H21NO3S. The predicted octanol–water partition coefficient (Wildman–Crippen LogP) is 3.36. The van der Waals surface area contributed by atoms with Crippen LogP contribution >= 0.6 is 11.8 Å². The molecule has 130 valence electrons. The molecule has 1 saturated carbocycles. The fourth-order valence-electron chi connectivity index (χ4n) is 3.91. The first-order chi connectivity index (χ1) is 12.1. The number of carboxylic acids is 1. The van der Waals surface area contributed by atoms with Gasteiger partial charge in [-0.15, -0.1) is 0 Å². The second-order valence-electron chi connectivity index (χ2n) is 6.88. The Morgan fingerprint density at radius 2 is 1.96 bits per heavy atom. The van der Waals surface area contributed by atoms with Crippen molar-refractivity contribution in [1.82, 2.24) is 4.90 Å². The smallest absolute Gasteiger partial charge is 0.305 e. The number of hydrogen-bond acceptors (Lipinski definition) is 3. The van der Waals surface area contributed by atoms with Crippen molar-refractivity contribution in [2.24, 2.45) is 5.92 Å². The van der Waals surface area contributed by atoms with Gasteiger partial charge in [-0.3, -0.25) is 9.59 Å². The summed E-state index contributed by atoms with van der Waals surface area (Å²) in [5.74, 6) is 1.21. The molecule has 2 fully saturated rings. The summed E-state index contributed by atoms with van der Waals surface area (Å²) in [7, 11) is 0. The number of fused-ring (bicyclic) bond motifs is 1. The van der Waals surface area contributed by atoms with Crippen LogP contribution in [0.4, 0.5) is 0 Å². The van der Waals surface area contributed by atoms with E-state index < -0.39 is 5.97 Å². The number of benzene rings is 2. The third-order valence-electron chi connectivity index (χ3n) is 5.25. The Hall–Kier alpha value is -2.01. The SMILES string of the molecule is O=C(O)CC1CSCCN1C(=O)C1CC1c1cccc2ccccc12. The molecule has 0 aromatic heterocycles. The number of amides is 1. The zero-order valence-electron chi connectivity index (χ0n) is 13.9. The van der Waals surface area contributed by atoms with Crippen LogP contribution in [0.25, 0.3) is 10.8 Å². The van der Waals surface area contributed by atoms with Gasteiger partial charge in [-0.2, -0.15) is 11.8 Å². The molecule has 5 heteroatoms. The van der Waals surface area contributed by atoms with Crippen LogP contribution < -0.4 is 0 Å². The quantitative estimate of drug-likeness (QED) is 0.914. The van der Waals surface area contributed by atoms with Crippen molar-refractivity contribution in [1.29, 1.82) is 0 Å². The molecular weight excluding hydrogens is 334 g/mol. The summed E-state index contributed by atoms with van der Waals surface area (Å²) < 4.78 is 0. The lowest BCUT2D eigenvalue weighted by atomic mass is 10.00. The Labute approximate surface area is 151 Å². The fraction of sp³-hybridized carbons (Fsp3) is 0.400. The van der Waals surface area contributed by atoms with Gasteiger partial charge in [0.25, 0.3) is 0 Å². The fourth-order valence-corrected chi connectivity index (χ4v) is 4.98. The van der Waals surface area contributed by atoms with Crippen LogP contribution in [0.5, 0.6) is 0 Å². The summed E-state index contributed by atoms with van der Waals surface area (Å²) in [6, 6.07) is 14.4. The molecule has 3 atom stereocenters. The van der Waals surface area contributed by atoms with Crippen molar-refractivity contribution >= 4 is 34.4 Å². The lowest BCUT2D eigenvalue weighted by Crippen LogP contribution is -2.47. The van der Waals surface area contributed by atoms with Crippen molar-refractivity contribution < 1.29 is 14.7 Å². The largest absolute Gasteiger partial charge is 0.481 e. The van der Waals surface area contributed by atoms with Gasteiger partial charge in [0.1, 0.15) is 0 Å². The maximum Gasteiger partial charge on any atom is 0.305 e. The second kappa shape index (κ2) is 6.71. The van der Waals surface area contributed by atoms with E-state index >= 15 is 0 Å². The Morgan fingerprint density at radius 1 is 1.16 bits per heavy atom. The molecule has 0 spiro atoms. The molecule has 4 rings (SSSR count). The number of carbonyl (C=O) groups is 2. The molecule has 1 N–H and O–H groups in total. The Kier molecular flexibility index (Phi) is 4.42. The summed E-state index contributed by atoms with van der Waals surface area (Å²) in [6.07, 6.45) is 0.917. The molecule has 2 aromatic rings. The van der Waals surface area contributed by atoms with Gasteiger partial charge < -0.3 is 10.0 Å². The number of carbonyl (C=O) groups excluding carboxylic acids is 1. The highest BCUT2D eigenvalue weighted by Gasteiger charge is 2.47. The second-order valence-corrected chi connectivity index (χ2v) is 8.03. The van der Waals surface area contributed by atoms with E-state index in [2.05, 4.69) is 30.3 Å². The average Bonchev–Trinajstić information content (AvgIpc) is 3.41. The van der Waals surface area contributed by atoms with Crippen LogP contribution in [0.3, 0.4) is 0 Å². The Bertz CT molecular complexity index is 816. The molecule has 1 aliphatic heterocycles. The average molecular weight is 355 g/mol. The first kappa shape index (κ1) is 16.5. The summed E-state index contributed by atoms with van der Waals surface area (Å²) >= 11 is 1.74. The lowest BCUT2D eigenvalue weighted by Gasteiger charge is -2.35. The Morgan fingerprint density at radius 3 is 2.80 bits per heavy atom. The molecule has 1 amide bonds. The number of hydrogen-bond donors (Lipinski definition) is 1. The third-order valence-corrected chi connectivity index (χ3v) is 6.34.